The molecule has 2 heteroatoms. The quantitative estimate of drug-likeness (QED) is 0.195. The maximum Gasteiger partial charge on any atom is 0.0562 e. The summed E-state index contributed by atoms with van der Waals surface area (Å²) < 4.78 is 4.92. The highest BCUT2D eigenvalue weighted by Gasteiger charge is 2.20. The van der Waals surface area contributed by atoms with E-state index >= 15 is 0 Å². The van der Waals surface area contributed by atoms with E-state index in [1.165, 1.54) is 82.0 Å². The first kappa shape index (κ1) is 25.2. The van der Waals surface area contributed by atoms with Crippen LogP contribution < -0.4 is 0 Å². The summed E-state index contributed by atoms with van der Waals surface area (Å²) in [7, 11) is 0. The Morgan fingerprint density at radius 2 is 0.978 bits per heavy atom. The topological polar surface area (TPSA) is 9.86 Å². The normalized spacial score (nSPS) is 11.9. The molecule has 0 fully saturated rings. The van der Waals surface area contributed by atoms with Crippen molar-refractivity contribution in [3.63, 3.8) is 0 Å². The molecule has 2 aromatic heterocycles. The zero-order valence-electron chi connectivity index (χ0n) is 25.1. The molecule has 10 aromatic rings. The summed E-state index contributed by atoms with van der Waals surface area (Å²) in [6.07, 6.45) is 0. The van der Waals surface area contributed by atoms with Crippen LogP contribution in [0.4, 0.5) is 0 Å². The summed E-state index contributed by atoms with van der Waals surface area (Å²) in [6.45, 7) is 0. The molecule has 0 atom stereocenters. The summed E-state index contributed by atoms with van der Waals surface area (Å²) in [4.78, 5) is 0. The lowest BCUT2D eigenvalue weighted by Crippen LogP contribution is -1.97. The van der Waals surface area contributed by atoms with Gasteiger partial charge in [0.2, 0.25) is 0 Å². The third kappa shape index (κ3) is 3.53. The van der Waals surface area contributed by atoms with Crippen LogP contribution in [0.5, 0.6) is 0 Å². The highest BCUT2D eigenvalue weighted by molar-refractivity contribution is 6.25. The summed E-state index contributed by atoms with van der Waals surface area (Å²) in [5, 5.41) is 10.1. The highest BCUT2D eigenvalue weighted by atomic mass is 15.0. The Bertz CT molecular complexity index is 2780. The van der Waals surface area contributed by atoms with Crippen LogP contribution in [0, 0.1) is 0 Å². The van der Waals surface area contributed by atoms with Gasteiger partial charge >= 0.3 is 0 Å². The van der Waals surface area contributed by atoms with Crippen LogP contribution in [0.2, 0.25) is 0 Å². The van der Waals surface area contributed by atoms with Crippen LogP contribution in [-0.4, -0.2) is 9.13 Å². The molecule has 0 saturated carbocycles. The van der Waals surface area contributed by atoms with E-state index in [-0.39, 0.29) is 0 Å². The van der Waals surface area contributed by atoms with Gasteiger partial charge in [-0.1, -0.05) is 127 Å². The van der Waals surface area contributed by atoms with Gasteiger partial charge in [0.15, 0.2) is 0 Å². The van der Waals surface area contributed by atoms with E-state index in [0.717, 1.165) is 5.69 Å². The molecule has 214 valence electrons. The van der Waals surface area contributed by atoms with Crippen molar-refractivity contribution in [2.24, 2.45) is 0 Å². The van der Waals surface area contributed by atoms with Gasteiger partial charge < -0.3 is 9.13 Å². The number of fused-ring (bicyclic) bond motifs is 9. The molecule has 0 unspecified atom stereocenters. The minimum atomic E-state index is 1.16. The molecule has 10 rings (SSSR count). The molecule has 2 heterocycles. The van der Waals surface area contributed by atoms with Crippen molar-refractivity contribution in [2.75, 3.05) is 0 Å². The molecule has 0 radical (unpaired) electrons. The number of hydrogen-bond donors (Lipinski definition) is 0. The molecule has 0 amide bonds. The molecule has 8 aromatic carbocycles. The zero-order valence-corrected chi connectivity index (χ0v) is 25.1. The van der Waals surface area contributed by atoms with Crippen LogP contribution >= 0.6 is 0 Å². The molecular formula is C44H28N2. The first-order valence-electron chi connectivity index (χ1n) is 15.9. The van der Waals surface area contributed by atoms with Crippen LogP contribution in [0.25, 0.3) is 87.7 Å². The van der Waals surface area contributed by atoms with Gasteiger partial charge in [0, 0.05) is 32.6 Å². The van der Waals surface area contributed by atoms with Crippen molar-refractivity contribution in [1.29, 1.82) is 0 Å². The van der Waals surface area contributed by atoms with Crippen molar-refractivity contribution >= 4 is 65.2 Å². The Labute approximate surface area is 266 Å². The molecule has 0 aliphatic carbocycles. The van der Waals surface area contributed by atoms with Gasteiger partial charge in [0.1, 0.15) is 0 Å². The maximum absolute atomic E-state index is 2.48. The fourth-order valence-corrected chi connectivity index (χ4v) is 7.71. The van der Waals surface area contributed by atoms with Crippen LogP contribution in [0.1, 0.15) is 0 Å². The molecule has 0 saturated heterocycles. The first-order chi connectivity index (χ1) is 22.8. The van der Waals surface area contributed by atoms with E-state index < -0.39 is 0 Å². The third-order valence-corrected chi connectivity index (χ3v) is 9.69. The predicted molar refractivity (Wildman–Crippen MR) is 196 cm³/mol. The van der Waals surface area contributed by atoms with Gasteiger partial charge in [0.25, 0.3) is 0 Å². The fraction of sp³-hybridized carbons (Fsp3) is 0. The molecular weight excluding hydrogens is 556 g/mol. The highest BCUT2D eigenvalue weighted by Crippen LogP contribution is 2.43. The second-order valence-electron chi connectivity index (χ2n) is 12.1. The largest absolute Gasteiger partial charge is 0.309 e. The molecule has 0 aliphatic heterocycles. The number of hydrogen-bond acceptors (Lipinski definition) is 0. The minimum absolute atomic E-state index is 1.16. The summed E-state index contributed by atoms with van der Waals surface area (Å²) >= 11 is 0. The number of para-hydroxylation sites is 2. The Kier molecular flexibility index (Phi) is 5.31. The summed E-state index contributed by atoms with van der Waals surface area (Å²) in [6, 6.07) is 61.9. The molecule has 0 spiro atoms. The number of aromatic nitrogens is 2. The average Bonchev–Trinajstić information content (AvgIpc) is 3.63. The fourth-order valence-electron chi connectivity index (χ4n) is 7.71. The average molecular weight is 585 g/mol. The summed E-state index contributed by atoms with van der Waals surface area (Å²) in [5.74, 6) is 0. The van der Waals surface area contributed by atoms with E-state index in [1.54, 1.807) is 0 Å². The van der Waals surface area contributed by atoms with E-state index in [2.05, 4.69) is 179 Å². The molecule has 0 aliphatic rings. The van der Waals surface area contributed by atoms with Crippen LogP contribution in [0.3, 0.4) is 0 Å². The standard InChI is InChI=1S/C44H28N2/c1-3-13-29(14-4-1)32-24-26-40(35-20-10-9-19-34(32)35)46-39-22-12-11-21-36(39)37-27-38-43(28-42(37)46)45(31-16-5-2-6-17-31)41-25-23-30-15-7-8-18-33(30)44(38)41/h1-28H. The Morgan fingerprint density at radius 3 is 1.80 bits per heavy atom. The zero-order chi connectivity index (χ0) is 30.2. The molecule has 46 heavy (non-hydrogen) atoms. The van der Waals surface area contributed by atoms with E-state index in [1.807, 2.05) is 0 Å². The van der Waals surface area contributed by atoms with Crippen molar-refractivity contribution in [1.82, 2.24) is 9.13 Å². The van der Waals surface area contributed by atoms with E-state index in [4.69, 9.17) is 0 Å². The SMILES string of the molecule is c1ccc(-c2ccc(-n3c4ccccc4c4cc5c6c7ccccc7ccc6n(-c6ccccc6)c5cc43)c3ccccc23)cc1. The van der Waals surface area contributed by atoms with Gasteiger partial charge in [0.05, 0.1) is 27.8 Å². The van der Waals surface area contributed by atoms with Crippen LogP contribution in [-0.2, 0) is 0 Å². The lowest BCUT2D eigenvalue weighted by molar-refractivity contribution is 1.17. The van der Waals surface area contributed by atoms with Gasteiger partial charge in [-0.25, -0.2) is 0 Å². The van der Waals surface area contributed by atoms with Crippen molar-refractivity contribution in [3.8, 4) is 22.5 Å². The van der Waals surface area contributed by atoms with Crippen molar-refractivity contribution < 1.29 is 0 Å². The van der Waals surface area contributed by atoms with Gasteiger partial charge in [-0.2, -0.15) is 0 Å². The number of nitrogens with zero attached hydrogens (tertiary/aromatic N) is 2. The van der Waals surface area contributed by atoms with Gasteiger partial charge in [-0.3, -0.25) is 0 Å². The smallest absolute Gasteiger partial charge is 0.0562 e. The summed E-state index contributed by atoms with van der Waals surface area (Å²) in [5.41, 5.74) is 9.68. The number of rotatable bonds is 3. The third-order valence-electron chi connectivity index (χ3n) is 9.69. The Morgan fingerprint density at radius 1 is 0.326 bits per heavy atom. The Hall–Kier alpha value is -6.12. The van der Waals surface area contributed by atoms with Crippen LogP contribution in [0.15, 0.2) is 170 Å². The van der Waals surface area contributed by atoms with Crippen molar-refractivity contribution in [2.45, 2.75) is 0 Å². The van der Waals surface area contributed by atoms with E-state index in [0.29, 0.717) is 0 Å². The van der Waals surface area contributed by atoms with E-state index in [9.17, 15) is 0 Å². The Balaban J connectivity index is 1.37. The van der Waals surface area contributed by atoms with Gasteiger partial charge in [-0.15, -0.1) is 0 Å². The van der Waals surface area contributed by atoms with Gasteiger partial charge in [-0.05, 0) is 69.8 Å². The lowest BCUT2D eigenvalue weighted by atomic mass is 9.97. The predicted octanol–water partition coefficient (Wildman–Crippen LogP) is 11.9. The maximum atomic E-state index is 2.48. The number of benzene rings is 8. The molecule has 0 bridgehead atoms. The second kappa shape index (κ2) is 9.69. The van der Waals surface area contributed by atoms with Crippen molar-refractivity contribution in [3.05, 3.63) is 170 Å². The monoisotopic (exact) mass is 584 g/mol. The minimum Gasteiger partial charge on any atom is -0.309 e. The first-order valence-corrected chi connectivity index (χ1v) is 15.9. The lowest BCUT2D eigenvalue weighted by Gasteiger charge is -2.15. The second-order valence-corrected chi connectivity index (χ2v) is 12.1. The molecule has 0 N–H and O–H groups in total. The molecule has 2 nitrogen and oxygen atoms in total.